The summed E-state index contributed by atoms with van der Waals surface area (Å²) in [6.07, 6.45) is 2.71. The van der Waals surface area contributed by atoms with Crippen LogP contribution in [-0.4, -0.2) is 125 Å². The quantitative estimate of drug-likeness (QED) is 0.108. The number of carbonyl (C=O) groups excluding carboxylic acids is 3. The molecule has 0 bridgehead atoms. The van der Waals surface area contributed by atoms with Gasteiger partial charge in [0.05, 0.1) is 18.8 Å². The number of benzene rings is 1. The largest absolute Gasteiger partial charge is 0.508 e. The molecular weight excluding hydrogens is 572 g/mol. The monoisotopic (exact) mass is 620 g/mol. The maximum absolute atomic E-state index is 14.0. The second-order valence-electron chi connectivity index (χ2n) is 11.9. The standard InChI is InChI=1S/C33H48N8O4/c1-4-14-41(34)24-32(44)36-30(19-26-10-12-29(43)13-11-26)33(45)39(15-7-18-42)21-27-8-6-9-31(35-27)40-22-28(23-40)38-17-16-37(5-2)25(3)20-38/h4,6,8-13,18,25,28,30,43H,1,5,7,14-17,19-24,34H2,2-3H3,(H,36,44)/t25-,30+/m1/s1. The zero-order chi connectivity index (χ0) is 32.3. The third-order valence-corrected chi connectivity index (χ3v) is 8.60. The number of piperazine rings is 1. The first-order valence-electron chi connectivity index (χ1n) is 15.8. The van der Waals surface area contributed by atoms with Crippen LogP contribution in [0, 0.1) is 0 Å². The van der Waals surface area contributed by atoms with Gasteiger partial charge in [0.25, 0.3) is 0 Å². The van der Waals surface area contributed by atoms with Gasteiger partial charge in [-0.05, 0) is 43.3 Å². The fourth-order valence-corrected chi connectivity index (χ4v) is 6.04. The predicted octanol–water partition coefficient (Wildman–Crippen LogP) is 1.01. The van der Waals surface area contributed by atoms with E-state index in [4.69, 9.17) is 10.8 Å². The van der Waals surface area contributed by atoms with Crippen LogP contribution in [0.25, 0.3) is 0 Å². The number of hydrazine groups is 1. The molecule has 2 aromatic rings. The summed E-state index contributed by atoms with van der Waals surface area (Å²) >= 11 is 0. The molecule has 12 heteroatoms. The number of hydrogen-bond acceptors (Lipinski definition) is 10. The molecule has 0 spiro atoms. The lowest BCUT2D eigenvalue weighted by molar-refractivity contribution is -0.137. The number of likely N-dealkylation sites (N-methyl/N-ethyl adjacent to an activating group) is 1. The van der Waals surface area contributed by atoms with Crippen molar-refractivity contribution < 1.29 is 19.5 Å². The van der Waals surface area contributed by atoms with E-state index in [0.717, 1.165) is 56.9 Å². The molecule has 2 atom stereocenters. The smallest absolute Gasteiger partial charge is 0.245 e. The van der Waals surface area contributed by atoms with Crippen molar-refractivity contribution in [2.75, 3.05) is 63.8 Å². The first kappa shape index (κ1) is 34.0. The molecule has 45 heavy (non-hydrogen) atoms. The third kappa shape index (κ3) is 9.57. The molecular formula is C33H48N8O4. The highest BCUT2D eigenvalue weighted by atomic mass is 16.3. The van der Waals surface area contributed by atoms with E-state index in [-0.39, 0.29) is 44.1 Å². The summed E-state index contributed by atoms with van der Waals surface area (Å²) in [5, 5.41) is 13.9. The number of anilines is 1. The third-order valence-electron chi connectivity index (χ3n) is 8.60. The van der Waals surface area contributed by atoms with Crippen molar-refractivity contribution in [1.82, 2.24) is 30.0 Å². The topological polar surface area (TPSA) is 139 Å². The van der Waals surface area contributed by atoms with E-state index in [9.17, 15) is 19.5 Å². The zero-order valence-corrected chi connectivity index (χ0v) is 26.6. The number of nitrogens with zero attached hydrogens (tertiary/aromatic N) is 6. The van der Waals surface area contributed by atoms with Gasteiger partial charge in [-0.15, -0.1) is 6.58 Å². The van der Waals surface area contributed by atoms with Crippen molar-refractivity contribution in [2.24, 2.45) is 5.84 Å². The van der Waals surface area contributed by atoms with Crippen LogP contribution in [-0.2, 0) is 27.3 Å². The Balaban J connectivity index is 1.44. The Morgan fingerprint density at radius 2 is 1.93 bits per heavy atom. The van der Waals surface area contributed by atoms with Crippen LogP contribution >= 0.6 is 0 Å². The van der Waals surface area contributed by atoms with Crippen LogP contribution in [0.1, 0.15) is 31.5 Å². The maximum Gasteiger partial charge on any atom is 0.245 e. The van der Waals surface area contributed by atoms with E-state index in [1.54, 1.807) is 23.1 Å². The van der Waals surface area contributed by atoms with E-state index >= 15 is 0 Å². The summed E-state index contributed by atoms with van der Waals surface area (Å²) in [5.41, 5.74) is 1.46. The number of phenols is 1. The van der Waals surface area contributed by atoms with Gasteiger partial charge in [0, 0.05) is 70.7 Å². The van der Waals surface area contributed by atoms with Crippen molar-refractivity contribution in [3.63, 3.8) is 0 Å². The first-order chi connectivity index (χ1) is 21.7. The van der Waals surface area contributed by atoms with E-state index < -0.39 is 11.9 Å². The highest BCUT2D eigenvalue weighted by Gasteiger charge is 2.36. The number of amides is 2. The molecule has 0 unspecified atom stereocenters. The molecule has 2 aliphatic rings. The molecule has 2 aliphatic heterocycles. The lowest BCUT2D eigenvalue weighted by Crippen LogP contribution is -2.64. The summed E-state index contributed by atoms with van der Waals surface area (Å²) in [6.45, 7) is 14.9. The maximum atomic E-state index is 14.0. The number of aromatic hydroxyl groups is 1. The van der Waals surface area contributed by atoms with E-state index in [2.05, 4.69) is 40.4 Å². The van der Waals surface area contributed by atoms with Crippen LogP contribution in [0.2, 0.25) is 0 Å². The van der Waals surface area contributed by atoms with Crippen molar-refractivity contribution in [1.29, 1.82) is 0 Å². The molecule has 2 saturated heterocycles. The Kier molecular flexibility index (Phi) is 12.5. The van der Waals surface area contributed by atoms with Gasteiger partial charge in [0.15, 0.2) is 0 Å². The van der Waals surface area contributed by atoms with E-state index in [1.807, 2.05) is 18.2 Å². The van der Waals surface area contributed by atoms with Crippen molar-refractivity contribution in [3.8, 4) is 5.75 Å². The average molecular weight is 621 g/mol. The Morgan fingerprint density at radius 3 is 2.60 bits per heavy atom. The number of aromatic nitrogens is 1. The van der Waals surface area contributed by atoms with Crippen LogP contribution < -0.4 is 16.1 Å². The molecule has 1 aromatic heterocycles. The fourth-order valence-electron chi connectivity index (χ4n) is 6.04. The Bertz CT molecular complexity index is 1290. The lowest BCUT2D eigenvalue weighted by atomic mass is 10.0. The van der Waals surface area contributed by atoms with Gasteiger partial charge < -0.3 is 25.0 Å². The molecule has 2 amide bonds. The fraction of sp³-hybridized carbons (Fsp3) is 0.515. The highest BCUT2D eigenvalue weighted by molar-refractivity contribution is 5.88. The minimum atomic E-state index is -0.916. The molecule has 0 radical (unpaired) electrons. The van der Waals surface area contributed by atoms with Crippen LogP contribution in [0.5, 0.6) is 5.75 Å². The summed E-state index contributed by atoms with van der Waals surface area (Å²) in [5.74, 6) is 6.11. The summed E-state index contributed by atoms with van der Waals surface area (Å²) in [4.78, 5) is 52.0. The van der Waals surface area contributed by atoms with Gasteiger partial charge in [-0.2, -0.15) is 0 Å². The number of carbonyl (C=O) groups is 3. The molecule has 1 aromatic carbocycles. The summed E-state index contributed by atoms with van der Waals surface area (Å²) < 4.78 is 0. The molecule has 244 valence electrons. The first-order valence-corrected chi connectivity index (χ1v) is 15.8. The average Bonchev–Trinajstić information content (AvgIpc) is 2.99. The number of nitrogens with two attached hydrogens (primary N) is 1. The second-order valence-corrected chi connectivity index (χ2v) is 11.9. The molecule has 4 rings (SSSR count). The number of hydrogen-bond donors (Lipinski definition) is 3. The van der Waals surface area contributed by atoms with Gasteiger partial charge in [-0.1, -0.05) is 31.2 Å². The van der Waals surface area contributed by atoms with Crippen LogP contribution in [0.4, 0.5) is 5.82 Å². The molecule has 0 aliphatic carbocycles. The van der Waals surface area contributed by atoms with Crippen LogP contribution in [0.15, 0.2) is 55.1 Å². The van der Waals surface area contributed by atoms with Gasteiger partial charge in [0.2, 0.25) is 11.8 Å². The predicted molar refractivity (Wildman–Crippen MR) is 174 cm³/mol. The van der Waals surface area contributed by atoms with Gasteiger partial charge >= 0.3 is 0 Å². The van der Waals surface area contributed by atoms with Gasteiger partial charge in [0.1, 0.15) is 23.9 Å². The Hall–Kier alpha value is -3.84. The number of pyridine rings is 1. The SMILES string of the molecule is C=CCN(N)CC(=O)N[C@@H](Cc1ccc(O)cc1)C(=O)N(CCC=O)Cc1cccc(N2CC(N3CCN(CC)[C@H](C)C3)C2)n1. The van der Waals surface area contributed by atoms with Crippen molar-refractivity contribution in [3.05, 3.63) is 66.4 Å². The van der Waals surface area contributed by atoms with Crippen molar-refractivity contribution >= 4 is 23.9 Å². The number of rotatable bonds is 16. The zero-order valence-electron chi connectivity index (χ0n) is 26.6. The van der Waals surface area contributed by atoms with E-state index in [1.165, 1.54) is 17.1 Å². The Labute approximate surface area is 266 Å². The number of phenolic OH excluding ortho intramolecular Hbond substituents is 1. The Morgan fingerprint density at radius 1 is 1.18 bits per heavy atom. The molecule has 4 N–H and O–H groups in total. The molecule has 3 heterocycles. The van der Waals surface area contributed by atoms with Crippen LogP contribution in [0.3, 0.4) is 0 Å². The molecule has 12 nitrogen and oxygen atoms in total. The lowest BCUT2D eigenvalue weighted by Gasteiger charge is -2.50. The van der Waals surface area contributed by atoms with Gasteiger partial charge in [-0.25, -0.2) is 9.99 Å². The molecule has 0 saturated carbocycles. The normalized spacial score (nSPS) is 18.3. The van der Waals surface area contributed by atoms with E-state index in [0.29, 0.717) is 24.3 Å². The summed E-state index contributed by atoms with van der Waals surface area (Å²) in [7, 11) is 0. The minimum absolute atomic E-state index is 0.106. The number of aldehydes is 1. The number of nitrogens with one attached hydrogen (secondary N) is 1. The summed E-state index contributed by atoms with van der Waals surface area (Å²) in [6, 6.07) is 12.4. The highest BCUT2D eigenvalue weighted by Crippen LogP contribution is 2.25. The van der Waals surface area contributed by atoms with Gasteiger partial charge in [-0.3, -0.25) is 25.2 Å². The second kappa shape index (κ2) is 16.5. The molecule has 2 fully saturated rings. The minimum Gasteiger partial charge on any atom is -0.508 e. The van der Waals surface area contributed by atoms with Crippen molar-refractivity contribution in [2.45, 2.75) is 51.4 Å².